The molecule has 0 aliphatic carbocycles. The van der Waals surface area contributed by atoms with E-state index in [9.17, 15) is 4.79 Å². The summed E-state index contributed by atoms with van der Waals surface area (Å²) in [5, 5.41) is 2.80. The van der Waals surface area contributed by atoms with Gasteiger partial charge in [0.1, 0.15) is 22.6 Å². The van der Waals surface area contributed by atoms with Crippen LogP contribution in [0.25, 0.3) is 0 Å². The summed E-state index contributed by atoms with van der Waals surface area (Å²) >= 11 is 1.68. The van der Waals surface area contributed by atoms with Gasteiger partial charge in [0.05, 0.1) is 20.5 Å². The summed E-state index contributed by atoms with van der Waals surface area (Å²) in [6, 6.07) is 8.81. The number of anilines is 1. The first-order valence-corrected chi connectivity index (χ1v) is 8.22. The first kappa shape index (κ1) is 15.6. The van der Waals surface area contributed by atoms with Crippen molar-refractivity contribution in [3.63, 3.8) is 0 Å². The van der Waals surface area contributed by atoms with Crippen LogP contribution in [0, 0.1) is 0 Å². The summed E-state index contributed by atoms with van der Waals surface area (Å²) in [5.41, 5.74) is 0.626. The fraction of sp³-hybridized carbons (Fsp3) is 0.312. The highest BCUT2D eigenvalue weighted by molar-refractivity contribution is 7.99. The van der Waals surface area contributed by atoms with Crippen LogP contribution in [0.5, 0.6) is 11.5 Å². The minimum Gasteiger partial charge on any atom is -0.497 e. The normalized spacial score (nSPS) is 17.1. The molecule has 1 fully saturated rings. The predicted octanol–water partition coefficient (Wildman–Crippen LogP) is 3.58. The topological polar surface area (TPSA) is 63.9 Å². The van der Waals surface area contributed by atoms with Crippen LogP contribution in [0.4, 0.5) is 10.5 Å². The Hall–Kier alpha value is -2.28. The maximum Gasteiger partial charge on any atom is 0.323 e. The molecular formula is C16H18N2O4S. The van der Waals surface area contributed by atoms with E-state index in [1.165, 1.54) is 0 Å². The van der Waals surface area contributed by atoms with Crippen molar-refractivity contribution in [1.82, 2.24) is 4.90 Å². The van der Waals surface area contributed by atoms with Gasteiger partial charge in [-0.3, -0.25) is 0 Å². The fourth-order valence-corrected chi connectivity index (χ4v) is 3.63. The SMILES string of the molecule is COc1cc(NC(=O)N2CCSC2c2ccco2)cc(OC)c1. The number of thioether (sulfide) groups is 1. The van der Waals surface area contributed by atoms with Gasteiger partial charge in [-0.15, -0.1) is 11.8 Å². The molecule has 2 heterocycles. The number of rotatable bonds is 4. The molecule has 1 atom stereocenters. The molecule has 1 aliphatic heterocycles. The Morgan fingerprint density at radius 2 is 2.04 bits per heavy atom. The fourth-order valence-electron chi connectivity index (χ4n) is 2.42. The number of urea groups is 1. The molecule has 122 valence electrons. The third kappa shape index (κ3) is 3.39. The van der Waals surface area contributed by atoms with Crippen molar-refractivity contribution < 1.29 is 18.7 Å². The molecule has 0 saturated carbocycles. The molecule has 1 aliphatic rings. The van der Waals surface area contributed by atoms with Crippen LogP contribution >= 0.6 is 11.8 Å². The zero-order valence-corrected chi connectivity index (χ0v) is 13.8. The lowest BCUT2D eigenvalue weighted by Gasteiger charge is -2.22. The second-order valence-electron chi connectivity index (χ2n) is 4.96. The van der Waals surface area contributed by atoms with Crippen LogP contribution in [0.3, 0.4) is 0 Å². The van der Waals surface area contributed by atoms with Crippen LogP contribution < -0.4 is 14.8 Å². The van der Waals surface area contributed by atoms with E-state index in [0.29, 0.717) is 23.7 Å². The van der Waals surface area contributed by atoms with Gasteiger partial charge in [0, 0.05) is 36.2 Å². The standard InChI is InChI=1S/C16H18N2O4S/c1-20-12-8-11(9-13(10-12)21-2)17-16(19)18-5-7-23-15(18)14-4-3-6-22-14/h3-4,6,8-10,15H,5,7H2,1-2H3,(H,17,19). The van der Waals surface area contributed by atoms with Gasteiger partial charge >= 0.3 is 6.03 Å². The van der Waals surface area contributed by atoms with Gasteiger partial charge in [0.2, 0.25) is 0 Å². The lowest BCUT2D eigenvalue weighted by Crippen LogP contribution is -2.34. The van der Waals surface area contributed by atoms with Crippen LogP contribution in [0.15, 0.2) is 41.0 Å². The van der Waals surface area contributed by atoms with Crippen molar-refractivity contribution in [3.05, 3.63) is 42.4 Å². The van der Waals surface area contributed by atoms with E-state index in [-0.39, 0.29) is 11.4 Å². The number of carbonyl (C=O) groups is 1. The number of amides is 2. The number of nitrogens with one attached hydrogen (secondary N) is 1. The van der Waals surface area contributed by atoms with Crippen LogP contribution in [0.1, 0.15) is 11.1 Å². The van der Waals surface area contributed by atoms with Crippen LogP contribution in [0.2, 0.25) is 0 Å². The van der Waals surface area contributed by atoms with E-state index >= 15 is 0 Å². The molecule has 2 aromatic rings. The number of benzene rings is 1. The first-order valence-electron chi connectivity index (χ1n) is 7.17. The zero-order chi connectivity index (χ0) is 16.2. The number of ether oxygens (including phenoxy) is 2. The lowest BCUT2D eigenvalue weighted by atomic mass is 10.2. The molecule has 1 aromatic heterocycles. The van der Waals surface area contributed by atoms with E-state index in [0.717, 1.165) is 11.5 Å². The van der Waals surface area contributed by atoms with Crippen molar-refractivity contribution >= 4 is 23.5 Å². The molecule has 1 aromatic carbocycles. The number of hydrogen-bond acceptors (Lipinski definition) is 5. The highest BCUT2D eigenvalue weighted by Crippen LogP contribution is 2.38. The van der Waals surface area contributed by atoms with Gasteiger partial charge in [-0.05, 0) is 12.1 Å². The van der Waals surface area contributed by atoms with Crippen LogP contribution in [-0.2, 0) is 0 Å². The molecule has 3 rings (SSSR count). The van der Waals surface area contributed by atoms with Gasteiger partial charge in [-0.2, -0.15) is 0 Å². The van der Waals surface area contributed by atoms with E-state index in [4.69, 9.17) is 13.9 Å². The Balaban J connectivity index is 1.76. The van der Waals surface area contributed by atoms with E-state index in [1.54, 1.807) is 55.3 Å². The quantitative estimate of drug-likeness (QED) is 0.926. The molecule has 6 nitrogen and oxygen atoms in total. The van der Waals surface area contributed by atoms with Gasteiger partial charge in [0.15, 0.2) is 0 Å². The molecule has 0 spiro atoms. The van der Waals surface area contributed by atoms with Crippen molar-refractivity contribution in [3.8, 4) is 11.5 Å². The lowest BCUT2D eigenvalue weighted by molar-refractivity contribution is 0.209. The van der Waals surface area contributed by atoms with E-state index in [1.807, 2.05) is 12.1 Å². The number of carbonyl (C=O) groups excluding carboxylic acids is 1. The van der Waals surface area contributed by atoms with Gasteiger partial charge in [-0.25, -0.2) is 4.79 Å². The highest BCUT2D eigenvalue weighted by atomic mass is 32.2. The summed E-state index contributed by atoms with van der Waals surface area (Å²) in [6.07, 6.45) is 1.62. The van der Waals surface area contributed by atoms with Crippen LogP contribution in [-0.4, -0.2) is 37.4 Å². The molecule has 0 bridgehead atoms. The molecule has 1 unspecified atom stereocenters. The molecular weight excluding hydrogens is 316 g/mol. The second-order valence-corrected chi connectivity index (χ2v) is 6.15. The van der Waals surface area contributed by atoms with Crippen molar-refractivity contribution in [2.45, 2.75) is 5.37 Å². The Bertz CT molecular complexity index is 652. The minimum absolute atomic E-state index is 0.0995. The molecule has 7 heteroatoms. The van der Waals surface area contributed by atoms with Crippen molar-refractivity contribution in [2.24, 2.45) is 0 Å². The Morgan fingerprint density at radius 3 is 2.65 bits per heavy atom. The third-order valence-electron chi connectivity index (χ3n) is 3.54. The summed E-state index contributed by atoms with van der Waals surface area (Å²) in [4.78, 5) is 14.4. The predicted molar refractivity (Wildman–Crippen MR) is 89.2 cm³/mol. The summed E-state index contributed by atoms with van der Waals surface area (Å²) in [6.45, 7) is 0.670. The van der Waals surface area contributed by atoms with E-state index in [2.05, 4.69) is 5.32 Å². The number of methoxy groups -OCH3 is 2. The molecule has 1 saturated heterocycles. The Morgan fingerprint density at radius 1 is 1.30 bits per heavy atom. The monoisotopic (exact) mass is 334 g/mol. The number of hydrogen-bond donors (Lipinski definition) is 1. The molecule has 0 radical (unpaired) electrons. The smallest absolute Gasteiger partial charge is 0.323 e. The number of furan rings is 1. The van der Waals surface area contributed by atoms with Gasteiger partial charge in [-0.1, -0.05) is 0 Å². The average molecular weight is 334 g/mol. The minimum atomic E-state index is -0.174. The summed E-state index contributed by atoms with van der Waals surface area (Å²) < 4.78 is 15.9. The molecule has 23 heavy (non-hydrogen) atoms. The largest absolute Gasteiger partial charge is 0.497 e. The Kier molecular flexibility index (Phi) is 4.66. The summed E-state index contributed by atoms with van der Waals surface area (Å²) in [5.74, 6) is 2.90. The average Bonchev–Trinajstić information content (AvgIpc) is 3.24. The molecule has 1 N–H and O–H groups in total. The maximum atomic E-state index is 12.6. The zero-order valence-electron chi connectivity index (χ0n) is 12.9. The molecule has 2 amide bonds. The number of nitrogens with zero attached hydrogens (tertiary/aromatic N) is 1. The van der Waals surface area contributed by atoms with Crippen molar-refractivity contribution in [2.75, 3.05) is 31.8 Å². The van der Waals surface area contributed by atoms with Crippen molar-refractivity contribution in [1.29, 1.82) is 0 Å². The van der Waals surface area contributed by atoms with E-state index < -0.39 is 0 Å². The third-order valence-corrected chi connectivity index (χ3v) is 4.76. The maximum absolute atomic E-state index is 12.6. The highest BCUT2D eigenvalue weighted by Gasteiger charge is 2.32. The first-order chi connectivity index (χ1) is 11.2. The van der Waals surface area contributed by atoms with Gasteiger partial charge < -0.3 is 24.1 Å². The summed E-state index contributed by atoms with van der Waals surface area (Å²) in [7, 11) is 3.15. The Labute approximate surface area is 138 Å². The van der Waals surface area contributed by atoms with Gasteiger partial charge in [0.25, 0.3) is 0 Å². The second kappa shape index (κ2) is 6.87.